The summed E-state index contributed by atoms with van der Waals surface area (Å²) < 4.78 is 2.21. The van der Waals surface area contributed by atoms with Gasteiger partial charge in [-0.15, -0.1) is 11.3 Å². The minimum absolute atomic E-state index is 0.479. The molecule has 0 radical (unpaired) electrons. The maximum Gasteiger partial charge on any atom is 0.195 e. The van der Waals surface area contributed by atoms with Crippen LogP contribution in [0.2, 0.25) is 0 Å². The van der Waals surface area contributed by atoms with Crippen molar-refractivity contribution in [2.75, 3.05) is 18.5 Å². The second-order valence-corrected chi connectivity index (χ2v) is 6.74. The minimum Gasteiger partial charge on any atom is -0.358 e. The van der Waals surface area contributed by atoms with Crippen molar-refractivity contribution in [3.8, 4) is 0 Å². The topological polar surface area (TPSA) is 32.6 Å². The maximum atomic E-state index is 4.81. The molecule has 1 N–H and O–H groups in total. The van der Waals surface area contributed by atoms with E-state index in [1.54, 1.807) is 11.3 Å². The van der Waals surface area contributed by atoms with Crippen LogP contribution in [-0.2, 0) is 6.54 Å². The van der Waals surface area contributed by atoms with Crippen LogP contribution in [0, 0.1) is 5.92 Å². The first-order chi connectivity index (χ1) is 9.52. The van der Waals surface area contributed by atoms with Gasteiger partial charge in [-0.2, -0.15) is 0 Å². The molecule has 1 unspecified atom stereocenters. The highest BCUT2D eigenvalue weighted by Crippen LogP contribution is 2.25. The zero-order chi connectivity index (χ0) is 14.7. The van der Waals surface area contributed by atoms with Gasteiger partial charge in [0.15, 0.2) is 10.8 Å². The van der Waals surface area contributed by atoms with E-state index in [0.717, 1.165) is 23.9 Å². The summed E-state index contributed by atoms with van der Waals surface area (Å²) in [5.41, 5.74) is 1.26. The molecule has 20 heavy (non-hydrogen) atoms. The van der Waals surface area contributed by atoms with Gasteiger partial charge in [0.05, 0.1) is 5.69 Å². The number of rotatable bonds is 7. The van der Waals surface area contributed by atoms with E-state index < -0.39 is 0 Å². The van der Waals surface area contributed by atoms with Gasteiger partial charge >= 0.3 is 0 Å². The van der Waals surface area contributed by atoms with Crippen molar-refractivity contribution in [2.45, 2.75) is 46.7 Å². The summed E-state index contributed by atoms with van der Waals surface area (Å²) in [6.07, 6.45) is 3.32. The van der Waals surface area contributed by atoms with E-state index in [2.05, 4.69) is 60.9 Å². The third-order valence-corrected chi connectivity index (χ3v) is 4.42. The van der Waals surface area contributed by atoms with E-state index in [0.29, 0.717) is 12.0 Å². The molecule has 2 rings (SSSR count). The summed E-state index contributed by atoms with van der Waals surface area (Å²) >= 11 is 1.70. The van der Waals surface area contributed by atoms with Gasteiger partial charge < -0.3 is 10.2 Å². The molecule has 0 saturated heterocycles. The normalized spacial score (nSPS) is 13.3. The Morgan fingerprint density at radius 1 is 1.40 bits per heavy atom. The van der Waals surface area contributed by atoms with Crippen molar-refractivity contribution in [1.82, 2.24) is 14.7 Å². The van der Waals surface area contributed by atoms with Crippen LogP contribution in [0.15, 0.2) is 11.6 Å². The molecular formula is C15H26N4S. The Balaban J connectivity index is 2.26. The van der Waals surface area contributed by atoms with E-state index in [-0.39, 0.29) is 0 Å². The van der Waals surface area contributed by atoms with Gasteiger partial charge in [0.1, 0.15) is 0 Å². The first kappa shape index (κ1) is 15.3. The first-order valence-electron chi connectivity index (χ1n) is 7.41. The van der Waals surface area contributed by atoms with Crippen LogP contribution >= 0.6 is 11.3 Å². The summed E-state index contributed by atoms with van der Waals surface area (Å²) in [4.78, 5) is 8.18. The molecule has 0 spiro atoms. The molecule has 0 bridgehead atoms. The molecule has 2 heterocycles. The molecule has 5 heteroatoms. The van der Waals surface area contributed by atoms with Crippen molar-refractivity contribution in [2.24, 2.45) is 5.92 Å². The van der Waals surface area contributed by atoms with Crippen LogP contribution in [0.5, 0.6) is 0 Å². The fourth-order valence-electron chi connectivity index (χ4n) is 2.27. The number of hydrogen-bond donors (Lipinski definition) is 1. The van der Waals surface area contributed by atoms with Crippen molar-refractivity contribution in [1.29, 1.82) is 0 Å². The number of nitrogens with zero attached hydrogens (tertiary/aromatic N) is 3. The van der Waals surface area contributed by atoms with Crippen molar-refractivity contribution < 1.29 is 0 Å². The number of fused-ring (bicyclic) bond motifs is 1. The van der Waals surface area contributed by atoms with Gasteiger partial charge in [-0.1, -0.05) is 34.1 Å². The lowest BCUT2D eigenvalue weighted by Gasteiger charge is -2.22. The Morgan fingerprint density at radius 3 is 2.80 bits per heavy atom. The standard InChI is InChI=1S/C15H26N4S/c1-6-12(4)10-18(5)14-13(9-16-11(2)3)19-7-8-20-15(19)17-14/h7-8,11-12,16H,6,9-10H2,1-5H3. The highest BCUT2D eigenvalue weighted by Gasteiger charge is 2.17. The minimum atomic E-state index is 0.479. The lowest BCUT2D eigenvalue weighted by molar-refractivity contribution is 0.552. The number of nitrogens with one attached hydrogen (secondary N) is 1. The molecule has 0 aliphatic heterocycles. The number of imidazole rings is 1. The zero-order valence-corrected chi connectivity index (χ0v) is 14.0. The SMILES string of the molecule is CCC(C)CN(C)c1nc2sccn2c1CNC(C)C. The predicted molar refractivity (Wildman–Crippen MR) is 87.8 cm³/mol. The molecule has 0 aliphatic carbocycles. The zero-order valence-electron chi connectivity index (χ0n) is 13.2. The van der Waals surface area contributed by atoms with Crippen molar-refractivity contribution >= 4 is 22.1 Å². The molecule has 0 saturated carbocycles. The summed E-state index contributed by atoms with van der Waals surface area (Å²) in [6, 6.07) is 0.479. The number of aromatic nitrogens is 2. The van der Waals surface area contributed by atoms with Gasteiger partial charge in [0.25, 0.3) is 0 Å². The monoisotopic (exact) mass is 294 g/mol. The molecule has 112 valence electrons. The highest BCUT2D eigenvalue weighted by atomic mass is 32.1. The maximum absolute atomic E-state index is 4.81. The lowest BCUT2D eigenvalue weighted by Crippen LogP contribution is -2.27. The van der Waals surface area contributed by atoms with Gasteiger partial charge in [-0.3, -0.25) is 4.40 Å². The summed E-state index contributed by atoms with van der Waals surface area (Å²) in [6.45, 7) is 10.8. The molecule has 2 aromatic heterocycles. The molecular weight excluding hydrogens is 268 g/mol. The smallest absolute Gasteiger partial charge is 0.195 e. The van der Waals surface area contributed by atoms with Crippen LogP contribution in [0.25, 0.3) is 4.96 Å². The van der Waals surface area contributed by atoms with E-state index in [1.807, 2.05) is 0 Å². The Kier molecular flexibility index (Phi) is 5.05. The van der Waals surface area contributed by atoms with E-state index in [9.17, 15) is 0 Å². The third-order valence-electron chi connectivity index (χ3n) is 3.66. The fraction of sp³-hybridized carbons (Fsp3) is 0.667. The van der Waals surface area contributed by atoms with Gasteiger partial charge in [0.2, 0.25) is 0 Å². The molecule has 0 aliphatic rings. The van der Waals surface area contributed by atoms with Gasteiger partial charge in [-0.05, 0) is 5.92 Å². The Morgan fingerprint density at radius 2 is 2.15 bits per heavy atom. The Labute approximate surface area is 125 Å². The molecule has 1 atom stereocenters. The Hall–Kier alpha value is -1.07. The van der Waals surface area contributed by atoms with E-state index >= 15 is 0 Å². The molecule has 2 aromatic rings. The van der Waals surface area contributed by atoms with E-state index in [1.165, 1.54) is 12.1 Å². The first-order valence-corrected chi connectivity index (χ1v) is 8.29. The van der Waals surface area contributed by atoms with Crippen LogP contribution in [0.1, 0.15) is 39.8 Å². The van der Waals surface area contributed by atoms with E-state index in [4.69, 9.17) is 4.98 Å². The van der Waals surface area contributed by atoms with Crippen molar-refractivity contribution in [3.05, 3.63) is 17.3 Å². The van der Waals surface area contributed by atoms with Crippen LogP contribution in [0.3, 0.4) is 0 Å². The third kappa shape index (κ3) is 3.33. The summed E-state index contributed by atoms with van der Waals surface area (Å²) in [5, 5.41) is 5.61. The Bertz CT molecular complexity index is 543. The molecule has 4 nitrogen and oxygen atoms in total. The van der Waals surface area contributed by atoms with Crippen molar-refractivity contribution in [3.63, 3.8) is 0 Å². The van der Waals surface area contributed by atoms with Crippen LogP contribution in [-0.4, -0.2) is 29.0 Å². The largest absolute Gasteiger partial charge is 0.358 e. The molecule has 0 aromatic carbocycles. The second kappa shape index (κ2) is 6.59. The number of hydrogen-bond acceptors (Lipinski definition) is 4. The highest BCUT2D eigenvalue weighted by molar-refractivity contribution is 7.15. The van der Waals surface area contributed by atoms with Crippen LogP contribution < -0.4 is 10.2 Å². The number of anilines is 1. The average molecular weight is 294 g/mol. The quantitative estimate of drug-likeness (QED) is 0.850. The molecule has 0 amide bonds. The van der Waals surface area contributed by atoms with Gasteiger partial charge in [-0.25, -0.2) is 4.98 Å². The molecule has 0 fully saturated rings. The summed E-state index contributed by atoms with van der Waals surface area (Å²) in [5.74, 6) is 1.80. The average Bonchev–Trinajstić information content (AvgIpc) is 2.96. The fourth-order valence-corrected chi connectivity index (χ4v) is 3.00. The van der Waals surface area contributed by atoms with Gasteiger partial charge in [0, 0.05) is 37.8 Å². The second-order valence-electron chi connectivity index (χ2n) is 5.87. The number of thiazole rings is 1. The summed E-state index contributed by atoms with van der Waals surface area (Å²) in [7, 11) is 2.15. The van der Waals surface area contributed by atoms with Crippen LogP contribution in [0.4, 0.5) is 5.82 Å². The lowest BCUT2D eigenvalue weighted by atomic mass is 10.1. The predicted octanol–water partition coefficient (Wildman–Crippen LogP) is 3.38.